The van der Waals surface area contributed by atoms with E-state index in [-0.39, 0.29) is 35.7 Å². The molecule has 0 aliphatic heterocycles. The Bertz CT molecular complexity index is 4310. The Kier molecular flexibility index (Phi) is 18.7. The highest BCUT2D eigenvalue weighted by Gasteiger charge is 2.57. The molecule has 2 N–H and O–H groups in total. The third kappa shape index (κ3) is 13.2. The summed E-state index contributed by atoms with van der Waals surface area (Å²) < 4.78 is 154. The van der Waals surface area contributed by atoms with E-state index >= 15 is 0 Å². The topological polar surface area (TPSA) is 191 Å². The van der Waals surface area contributed by atoms with Crippen molar-refractivity contribution in [2.24, 2.45) is 0 Å². The molecule has 0 bridgehead atoms. The molecule has 1 aliphatic carbocycles. The number of amides is 1. The Labute approximate surface area is 487 Å². The molecule has 1 aliphatic rings. The zero-order valence-electron chi connectivity index (χ0n) is 40.9. The number of rotatable bonds is 10. The van der Waals surface area contributed by atoms with Gasteiger partial charge in [-0.25, -0.2) is 33.1 Å². The van der Waals surface area contributed by atoms with Crippen LogP contribution >= 0.6 is 69.6 Å². The van der Waals surface area contributed by atoms with E-state index in [4.69, 9.17) is 69.6 Å². The number of carbonyl (C=O) groups is 1. The summed E-state index contributed by atoms with van der Waals surface area (Å²) in [7, 11) is -13.7. The van der Waals surface area contributed by atoms with Crippen LogP contribution in [0.1, 0.15) is 34.8 Å². The van der Waals surface area contributed by atoms with E-state index in [2.05, 4.69) is 35.2 Å². The molecule has 10 aromatic rings. The number of hydrogen-bond acceptors (Lipinski definition) is 11. The molecule has 14 nitrogen and oxygen atoms in total. The number of carbonyl (C=O) groups excluding carboxylic acids is 1. The highest BCUT2D eigenvalue weighted by molar-refractivity contribution is 8.00. The molecule has 0 saturated heterocycles. The summed E-state index contributed by atoms with van der Waals surface area (Å²) in [4.78, 5) is 37.3. The van der Waals surface area contributed by atoms with Crippen molar-refractivity contribution >= 4 is 173 Å². The van der Waals surface area contributed by atoms with Crippen molar-refractivity contribution in [3.63, 3.8) is 0 Å². The van der Waals surface area contributed by atoms with Gasteiger partial charge in [0.05, 0.1) is 55.7 Å². The van der Waals surface area contributed by atoms with E-state index in [0.29, 0.717) is 102 Å². The number of H-pyrrole nitrogens is 1. The number of aryl methyl sites for hydroxylation is 2. The fourth-order valence-electron chi connectivity index (χ4n) is 8.37. The standard InChI is InChI=1S/C17H13Cl2FN2O.2C16H10Cl2FN3.C2F6O5S2/c18-7-6-16(23)21-14-4-5-15(19)22-17(14)11-8-10-2-1-3-13(20)12(10)9-11;17-7-6-15-20-11-4-5-14(18)21-16(11)13-8-9-10(19)2-1-3-12(9)22(13)15;17-7-6-10-14-13-8(19)2-1-3-9(13)21-16(14)15-11(20-10)4-5-12(18)22-15;3-1(4,5)14(9,10)13-15(11,12)2(6,7)8/h1-5,9H,6-8H2,(H,21,23);1-5,8H,6-7H2;1-5,22H,6-7H2;. The SMILES string of the molecule is Fc1cccc2c1cc1c3nc(Cl)ccc3nc(CCCl)n21.Fc1cccc2nc3c4[nH]c(Cl)ccc4nc(CCCl)c3c12.O=C(CCCl)Nc1ccc(Cl)nc1C1=Cc2c(F)cccc2C1.O=S(=O)(OS(=O)(=O)C(F)(F)F)C(F)(F)F. The zero-order valence-corrected chi connectivity index (χ0v) is 47.1. The summed E-state index contributed by atoms with van der Waals surface area (Å²) in [5, 5.41) is 5.68. The molecule has 0 unspecified atom stereocenters. The van der Waals surface area contributed by atoms with Gasteiger partial charge in [-0.1, -0.05) is 59.1 Å². The third-order valence-corrected chi connectivity index (χ3v) is 15.5. The number of pyridine rings is 4. The number of benzene rings is 3. The average molecular weight is 1300 g/mol. The molecule has 7 aromatic heterocycles. The van der Waals surface area contributed by atoms with Crippen molar-refractivity contribution in [3.8, 4) is 0 Å². The lowest BCUT2D eigenvalue weighted by molar-refractivity contribution is -0.115. The molecule has 1 amide bonds. The molecule has 3 aromatic carbocycles. The van der Waals surface area contributed by atoms with Crippen molar-refractivity contribution in [2.45, 2.75) is 36.7 Å². The number of nitrogens with one attached hydrogen (secondary N) is 2. The van der Waals surface area contributed by atoms with Gasteiger partial charge in [0, 0.05) is 65.0 Å². The van der Waals surface area contributed by atoms with E-state index in [1.54, 1.807) is 60.7 Å². The predicted octanol–water partition coefficient (Wildman–Crippen LogP) is 14.7. The number of halogens is 15. The molecule has 0 atom stereocenters. The van der Waals surface area contributed by atoms with Crippen LogP contribution in [0.15, 0.2) is 97.1 Å². The number of nitrogens with zero attached hydrogens (tertiary/aromatic N) is 6. The number of alkyl halides is 9. The van der Waals surface area contributed by atoms with E-state index in [1.165, 1.54) is 18.2 Å². The Hall–Kier alpha value is -6.29. The van der Waals surface area contributed by atoms with Crippen LogP contribution in [0.2, 0.25) is 15.5 Å². The minimum atomic E-state index is -6.85. The van der Waals surface area contributed by atoms with Gasteiger partial charge >= 0.3 is 31.3 Å². The van der Waals surface area contributed by atoms with Crippen LogP contribution in [0.5, 0.6) is 0 Å². The number of hydrogen-bond donors (Lipinski definition) is 2. The number of aromatic amines is 1. The van der Waals surface area contributed by atoms with Crippen molar-refractivity contribution < 1.29 is 64.8 Å². The Morgan fingerprint density at radius 1 is 0.646 bits per heavy atom. The minimum Gasteiger partial charge on any atom is -0.343 e. The quantitative estimate of drug-likeness (QED) is 0.0573. The highest BCUT2D eigenvalue weighted by Crippen LogP contribution is 2.38. The van der Waals surface area contributed by atoms with Gasteiger partial charge in [0.2, 0.25) is 5.91 Å². The summed E-state index contributed by atoms with van der Waals surface area (Å²) >= 11 is 35.4. The first-order valence-corrected chi connectivity index (χ1v) is 28.8. The lowest BCUT2D eigenvalue weighted by Crippen LogP contribution is -2.34. The fraction of sp³-hybridized carbons (Fsp3) is 0.176. The summed E-state index contributed by atoms with van der Waals surface area (Å²) in [5.74, 6) is 0.811. The first-order valence-electron chi connectivity index (χ1n) is 23.2. The molecule has 31 heteroatoms. The molecule has 0 spiro atoms. The maximum Gasteiger partial charge on any atom is 0.524 e. The van der Waals surface area contributed by atoms with Gasteiger partial charge in [0.15, 0.2) is 0 Å². The smallest absolute Gasteiger partial charge is 0.343 e. The van der Waals surface area contributed by atoms with Gasteiger partial charge in [0.25, 0.3) is 0 Å². The van der Waals surface area contributed by atoms with E-state index in [0.717, 1.165) is 44.7 Å². The van der Waals surface area contributed by atoms with E-state index < -0.39 is 31.3 Å². The summed E-state index contributed by atoms with van der Waals surface area (Å²) in [6, 6.07) is 27.0. The Balaban J connectivity index is 0.000000145. The lowest BCUT2D eigenvalue weighted by atomic mass is 10.1. The molecular weight excluding hydrogens is 1270 g/mol. The largest absolute Gasteiger partial charge is 0.524 e. The van der Waals surface area contributed by atoms with Crippen LogP contribution in [0.4, 0.5) is 45.2 Å². The number of fused-ring (bicyclic) bond motifs is 11. The molecular formula is C51H33Cl6F9N8O6S2. The molecule has 0 fully saturated rings. The fourth-order valence-corrected chi connectivity index (χ4v) is 10.9. The molecule has 82 heavy (non-hydrogen) atoms. The minimum absolute atomic E-state index is 0.201. The predicted molar refractivity (Wildman–Crippen MR) is 298 cm³/mol. The molecule has 430 valence electrons. The van der Waals surface area contributed by atoms with Crippen LogP contribution in [0, 0.1) is 17.5 Å². The second-order valence-electron chi connectivity index (χ2n) is 17.1. The van der Waals surface area contributed by atoms with Crippen molar-refractivity contribution in [1.29, 1.82) is 0 Å². The van der Waals surface area contributed by atoms with Crippen molar-refractivity contribution in [1.82, 2.24) is 34.3 Å². The summed E-state index contributed by atoms with van der Waals surface area (Å²) in [6.07, 6.45) is 3.62. The number of allylic oxidation sites excluding steroid dienone is 1. The third-order valence-electron chi connectivity index (χ3n) is 11.8. The maximum absolute atomic E-state index is 14.3. The van der Waals surface area contributed by atoms with Gasteiger partial charge in [0.1, 0.15) is 44.3 Å². The van der Waals surface area contributed by atoms with Gasteiger partial charge in [-0.3, -0.25) is 14.2 Å². The van der Waals surface area contributed by atoms with Crippen LogP contribution in [0.25, 0.3) is 71.9 Å². The molecule has 11 rings (SSSR count). The summed E-state index contributed by atoms with van der Waals surface area (Å²) in [5.41, 5.74) is -2.77. The van der Waals surface area contributed by atoms with Gasteiger partial charge in [-0.15, -0.1) is 38.4 Å². The first kappa shape index (κ1) is 61.8. The average Bonchev–Trinajstić information content (AvgIpc) is 4.08. The van der Waals surface area contributed by atoms with Gasteiger partial charge in [-0.05, 0) is 90.0 Å². The molecule has 7 heterocycles. The van der Waals surface area contributed by atoms with Crippen LogP contribution in [-0.2, 0) is 47.9 Å². The monoisotopic (exact) mass is 1300 g/mol. The Morgan fingerprint density at radius 3 is 1.95 bits per heavy atom. The second-order valence-corrected chi connectivity index (χ2v) is 22.7. The molecule has 0 radical (unpaired) electrons. The maximum atomic E-state index is 14.3. The van der Waals surface area contributed by atoms with Crippen LogP contribution in [0.3, 0.4) is 0 Å². The molecule has 0 saturated carbocycles. The normalized spacial score (nSPS) is 12.7. The number of anilines is 1. The summed E-state index contributed by atoms with van der Waals surface area (Å²) in [6.45, 7) is 0. The van der Waals surface area contributed by atoms with Gasteiger partial charge in [-0.2, -0.15) is 43.2 Å². The van der Waals surface area contributed by atoms with E-state index in [9.17, 15) is 61.1 Å². The van der Waals surface area contributed by atoms with Crippen molar-refractivity contribution in [3.05, 3.63) is 158 Å². The van der Waals surface area contributed by atoms with Gasteiger partial charge < -0.3 is 10.3 Å². The van der Waals surface area contributed by atoms with Crippen LogP contribution < -0.4 is 5.32 Å². The van der Waals surface area contributed by atoms with Crippen molar-refractivity contribution in [2.75, 3.05) is 23.0 Å². The van der Waals surface area contributed by atoms with Crippen LogP contribution in [-0.4, -0.2) is 85.7 Å². The second kappa shape index (κ2) is 24.9. The lowest BCUT2D eigenvalue weighted by Gasteiger charge is -2.11. The highest BCUT2D eigenvalue weighted by atomic mass is 35.5. The van der Waals surface area contributed by atoms with E-state index in [1.807, 2.05) is 32.3 Å². The Morgan fingerprint density at radius 2 is 1.28 bits per heavy atom. The first-order chi connectivity index (χ1) is 38.7. The zero-order chi connectivity index (χ0) is 59.6. The number of aromatic nitrogens is 7.